The molecule has 0 bridgehead atoms. The van der Waals surface area contributed by atoms with Crippen LogP contribution in [0.15, 0.2) is 17.2 Å². The summed E-state index contributed by atoms with van der Waals surface area (Å²) in [6.07, 6.45) is 4.53. The predicted molar refractivity (Wildman–Crippen MR) is 82.4 cm³/mol. The van der Waals surface area contributed by atoms with E-state index in [1.54, 1.807) is 21.1 Å². The summed E-state index contributed by atoms with van der Waals surface area (Å²) in [5, 5.41) is 9.31. The summed E-state index contributed by atoms with van der Waals surface area (Å²) in [7, 11) is -3.44. The van der Waals surface area contributed by atoms with Gasteiger partial charge in [-0.05, 0) is 31.2 Å². The summed E-state index contributed by atoms with van der Waals surface area (Å²) < 4.78 is 28.8. The third-order valence-electron chi connectivity index (χ3n) is 4.88. The monoisotopic (exact) mass is 314 g/mol. The van der Waals surface area contributed by atoms with E-state index in [9.17, 15) is 13.5 Å². The van der Waals surface area contributed by atoms with E-state index < -0.39 is 10.0 Å². The fourth-order valence-electron chi connectivity index (χ4n) is 2.86. The Bertz CT molecular complexity index is 563. The standard InChI is InChI=1S/C15H26N2O3S/c1-4-15(3)6-8-17(9-7-15)21(19,20)14-10-13(12-18)16(5-2)11-14/h10-11,18H,4-9,12H2,1-3H3. The lowest BCUT2D eigenvalue weighted by molar-refractivity contribution is 0.169. The van der Waals surface area contributed by atoms with Gasteiger partial charge in [-0.25, -0.2) is 8.42 Å². The van der Waals surface area contributed by atoms with Crippen LogP contribution in [-0.4, -0.2) is 35.5 Å². The molecule has 2 rings (SSSR count). The van der Waals surface area contributed by atoms with Gasteiger partial charge in [-0.15, -0.1) is 0 Å². The number of aromatic nitrogens is 1. The van der Waals surface area contributed by atoms with Crippen molar-refractivity contribution < 1.29 is 13.5 Å². The molecule has 1 aliphatic heterocycles. The second-order valence-electron chi connectivity index (χ2n) is 6.18. The van der Waals surface area contributed by atoms with E-state index in [0.717, 1.165) is 19.3 Å². The second-order valence-corrected chi connectivity index (χ2v) is 8.12. The minimum absolute atomic E-state index is 0.142. The maximum absolute atomic E-state index is 12.7. The Morgan fingerprint density at radius 1 is 1.29 bits per heavy atom. The van der Waals surface area contributed by atoms with E-state index in [0.29, 0.717) is 30.2 Å². The van der Waals surface area contributed by atoms with E-state index >= 15 is 0 Å². The van der Waals surface area contributed by atoms with Crippen LogP contribution in [-0.2, 0) is 23.2 Å². The topological polar surface area (TPSA) is 62.5 Å². The molecule has 0 aliphatic carbocycles. The molecule has 0 aromatic carbocycles. The van der Waals surface area contributed by atoms with Gasteiger partial charge in [0.15, 0.2) is 0 Å². The maximum atomic E-state index is 12.7. The van der Waals surface area contributed by atoms with Gasteiger partial charge in [-0.1, -0.05) is 20.3 Å². The van der Waals surface area contributed by atoms with Crippen molar-refractivity contribution >= 4 is 10.0 Å². The third-order valence-corrected chi connectivity index (χ3v) is 6.75. The van der Waals surface area contributed by atoms with Crippen LogP contribution in [0.1, 0.15) is 45.7 Å². The van der Waals surface area contributed by atoms with E-state index in [-0.39, 0.29) is 12.0 Å². The third kappa shape index (κ3) is 3.17. The van der Waals surface area contributed by atoms with Gasteiger partial charge in [0.05, 0.1) is 6.61 Å². The summed E-state index contributed by atoms with van der Waals surface area (Å²) in [5.74, 6) is 0. The summed E-state index contributed by atoms with van der Waals surface area (Å²) in [4.78, 5) is 0.300. The molecule has 1 saturated heterocycles. The van der Waals surface area contributed by atoms with Crippen molar-refractivity contribution in [3.63, 3.8) is 0 Å². The van der Waals surface area contributed by atoms with Gasteiger partial charge in [-0.2, -0.15) is 4.31 Å². The molecule has 6 heteroatoms. The number of nitrogens with zero attached hydrogens (tertiary/aromatic N) is 2. The minimum atomic E-state index is -3.44. The van der Waals surface area contributed by atoms with Crippen LogP contribution in [0.4, 0.5) is 0 Å². The van der Waals surface area contributed by atoms with Crippen LogP contribution >= 0.6 is 0 Å². The first-order chi connectivity index (χ1) is 9.86. The molecule has 0 spiro atoms. The zero-order valence-electron chi connectivity index (χ0n) is 13.2. The molecule has 1 fully saturated rings. The Labute approximate surface area is 127 Å². The van der Waals surface area contributed by atoms with Crippen LogP contribution in [0.2, 0.25) is 0 Å². The van der Waals surface area contributed by atoms with Crippen LogP contribution in [0.5, 0.6) is 0 Å². The summed E-state index contributed by atoms with van der Waals surface area (Å²) in [5.41, 5.74) is 0.906. The molecule has 0 radical (unpaired) electrons. The highest BCUT2D eigenvalue weighted by Crippen LogP contribution is 2.35. The van der Waals surface area contributed by atoms with E-state index in [1.165, 1.54) is 0 Å². The Balaban J connectivity index is 2.21. The lowest BCUT2D eigenvalue weighted by Gasteiger charge is -2.38. The van der Waals surface area contributed by atoms with Crippen LogP contribution in [0, 0.1) is 5.41 Å². The van der Waals surface area contributed by atoms with Gasteiger partial charge in [0.1, 0.15) is 4.90 Å². The zero-order chi connectivity index (χ0) is 15.7. The molecule has 1 aliphatic rings. The lowest BCUT2D eigenvalue weighted by atomic mass is 9.79. The van der Waals surface area contributed by atoms with E-state index in [2.05, 4.69) is 13.8 Å². The summed E-state index contributed by atoms with van der Waals surface area (Å²) in [6.45, 7) is 8.00. The molecule has 21 heavy (non-hydrogen) atoms. The Kier molecular flexibility index (Phi) is 4.80. The fourth-order valence-corrected chi connectivity index (χ4v) is 4.37. The summed E-state index contributed by atoms with van der Waals surface area (Å²) >= 11 is 0. The van der Waals surface area contributed by atoms with Crippen molar-refractivity contribution in [1.29, 1.82) is 0 Å². The average molecular weight is 314 g/mol. The molecular formula is C15H26N2O3S. The van der Waals surface area contributed by atoms with Crippen molar-refractivity contribution in [1.82, 2.24) is 8.87 Å². The Morgan fingerprint density at radius 2 is 1.90 bits per heavy atom. The number of hydrogen-bond acceptors (Lipinski definition) is 3. The summed E-state index contributed by atoms with van der Waals surface area (Å²) in [6, 6.07) is 1.59. The van der Waals surface area contributed by atoms with Gasteiger partial charge in [-0.3, -0.25) is 0 Å². The second kappa shape index (κ2) is 6.10. The highest BCUT2D eigenvalue weighted by atomic mass is 32.2. The lowest BCUT2D eigenvalue weighted by Crippen LogP contribution is -2.41. The molecule has 1 aromatic rings. The van der Waals surface area contributed by atoms with Crippen LogP contribution in [0.25, 0.3) is 0 Å². The van der Waals surface area contributed by atoms with Gasteiger partial charge in [0.25, 0.3) is 0 Å². The van der Waals surface area contributed by atoms with Crippen molar-refractivity contribution in [3.05, 3.63) is 18.0 Å². The number of aliphatic hydroxyl groups excluding tert-OH is 1. The molecule has 1 aromatic heterocycles. The number of aryl methyl sites for hydroxylation is 1. The highest BCUT2D eigenvalue weighted by molar-refractivity contribution is 7.89. The average Bonchev–Trinajstić information content (AvgIpc) is 2.91. The van der Waals surface area contributed by atoms with Crippen LogP contribution in [0.3, 0.4) is 0 Å². The number of piperidine rings is 1. The van der Waals surface area contributed by atoms with Gasteiger partial charge < -0.3 is 9.67 Å². The zero-order valence-corrected chi connectivity index (χ0v) is 14.0. The normalized spacial score (nSPS) is 19.8. The maximum Gasteiger partial charge on any atom is 0.244 e. The first-order valence-corrected chi connectivity index (χ1v) is 9.10. The molecule has 0 atom stereocenters. The highest BCUT2D eigenvalue weighted by Gasteiger charge is 2.34. The fraction of sp³-hybridized carbons (Fsp3) is 0.733. The molecule has 0 unspecified atom stereocenters. The molecule has 0 amide bonds. The minimum Gasteiger partial charge on any atom is -0.390 e. The van der Waals surface area contributed by atoms with Gasteiger partial charge >= 0.3 is 0 Å². The van der Waals surface area contributed by atoms with Gasteiger partial charge in [0, 0.05) is 31.5 Å². The number of rotatable bonds is 5. The SMILES string of the molecule is CCn1cc(S(=O)(=O)N2CCC(C)(CC)CC2)cc1CO. The van der Waals surface area contributed by atoms with Crippen molar-refractivity contribution in [3.8, 4) is 0 Å². The number of hydrogen-bond donors (Lipinski definition) is 1. The first kappa shape index (κ1) is 16.5. The quantitative estimate of drug-likeness (QED) is 0.906. The predicted octanol–water partition coefficient (Wildman–Crippen LogP) is 2.20. The Hall–Kier alpha value is -0.850. The molecular weight excluding hydrogens is 288 g/mol. The first-order valence-electron chi connectivity index (χ1n) is 7.66. The molecule has 2 heterocycles. The number of sulfonamides is 1. The molecule has 0 saturated carbocycles. The molecule has 1 N–H and O–H groups in total. The van der Waals surface area contributed by atoms with E-state index in [1.807, 2.05) is 6.92 Å². The largest absolute Gasteiger partial charge is 0.390 e. The van der Waals surface area contributed by atoms with Crippen LogP contribution < -0.4 is 0 Å². The van der Waals surface area contributed by atoms with Crippen molar-refractivity contribution in [2.75, 3.05) is 13.1 Å². The van der Waals surface area contributed by atoms with Gasteiger partial charge in [0.2, 0.25) is 10.0 Å². The smallest absolute Gasteiger partial charge is 0.244 e. The van der Waals surface area contributed by atoms with Crippen molar-refractivity contribution in [2.24, 2.45) is 5.41 Å². The molecule has 5 nitrogen and oxygen atoms in total. The number of aliphatic hydroxyl groups is 1. The molecule has 120 valence electrons. The van der Waals surface area contributed by atoms with E-state index in [4.69, 9.17) is 0 Å². The Morgan fingerprint density at radius 3 is 2.33 bits per heavy atom. The van der Waals surface area contributed by atoms with Crippen molar-refractivity contribution in [2.45, 2.75) is 58.1 Å².